The fourth-order valence-corrected chi connectivity index (χ4v) is 1.29. The van der Waals surface area contributed by atoms with Gasteiger partial charge in [-0.15, -0.1) is 0 Å². The van der Waals surface area contributed by atoms with E-state index in [0.717, 1.165) is 0 Å². The van der Waals surface area contributed by atoms with Crippen molar-refractivity contribution in [1.29, 1.82) is 0 Å². The standard InChI is InChI=1S/C10H14N4O4/c1-5-7(9(16)17)4-14(13-5)6(2)8(15)12-10(18)11-3/h4,6H,1-3H3,(H,16,17)(H2,11,12,15,18). The van der Waals surface area contributed by atoms with Gasteiger partial charge in [-0.25, -0.2) is 9.59 Å². The van der Waals surface area contributed by atoms with Crippen LogP contribution in [-0.4, -0.2) is 39.8 Å². The number of carboxylic acid groups (broad SMARTS) is 1. The van der Waals surface area contributed by atoms with E-state index < -0.39 is 23.9 Å². The second-order valence-electron chi connectivity index (χ2n) is 3.66. The molecule has 0 bridgehead atoms. The van der Waals surface area contributed by atoms with Gasteiger partial charge in [-0.05, 0) is 13.8 Å². The van der Waals surface area contributed by atoms with Gasteiger partial charge < -0.3 is 10.4 Å². The predicted octanol–water partition coefficient (Wildman–Crippen LogP) is -0.0937. The second-order valence-corrected chi connectivity index (χ2v) is 3.66. The number of carbonyl (C=O) groups excluding carboxylic acids is 2. The van der Waals surface area contributed by atoms with Crippen LogP contribution >= 0.6 is 0 Å². The first-order valence-electron chi connectivity index (χ1n) is 5.18. The molecule has 1 heterocycles. The first-order chi connectivity index (χ1) is 8.36. The van der Waals surface area contributed by atoms with E-state index in [1.54, 1.807) is 0 Å². The van der Waals surface area contributed by atoms with E-state index in [9.17, 15) is 14.4 Å². The van der Waals surface area contributed by atoms with Gasteiger partial charge in [0.1, 0.15) is 11.6 Å². The summed E-state index contributed by atoms with van der Waals surface area (Å²) in [7, 11) is 1.38. The van der Waals surface area contributed by atoms with Crippen LogP contribution in [-0.2, 0) is 4.79 Å². The van der Waals surface area contributed by atoms with Crippen LogP contribution in [0, 0.1) is 6.92 Å². The highest BCUT2D eigenvalue weighted by molar-refractivity contribution is 5.96. The minimum Gasteiger partial charge on any atom is -0.478 e. The number of aryl methyl sites for hydroxylation is 1. The monoisotopic (exact) mass is 254 g/mol. The van der Waals surface area contributed by atoms with Crippen LogP contribution in [0.2, 0.25) is 0 Å². The van der Waals surface area contributed by atoms with Gasteiger partial charge in [-0.1, -0.05) is 0 Å². The van der Waals surface area contributed by atoms with Gasteiger partial charge in [0.2, 0.25) is 0 Å². The fourth-order valence-electron chi connectivity index (χ4n) is 1.29. The number of aromatic carboxylic acids is 1. The quantitative estimate of drug-likeness (QED) is 0.697. The van der Waals surface area contributed by atoms with Gasteiger partial charge >= 0.3 is 12.0 Å². The molecule has 8 heteroatoms. The van der Waals surface area contributed by atoms with Crippen LogP contribution in [0.15, 0.2) is 6.20 Å². The largest absolute Gasteiger partial charge is 0.478 e. The molecule has 1 unspecified atom stereocenters. The predicted molar refractivity (Wildman–Crippen MR) is 61.2 cm³/mol. The maximum absolute atomic E-state index is 11.6. The maximum Gasteiger partial charge on any atom is 0.339 e. The van der Waals surface area contributed by atoms with E-state index in [2.05, 4.69) is 15.7 Å². The molecule has 8 nitrogen and oxygen atoms in total. The van der Waals surface area contributed by atoms with Crippen molar-refractivity contribution in [3.05, 3.63) is 17.5 Å². The Hall–Kier alpha value is -2.38. The van der Waals surface area contributed by atoms with Crippen molar-refractivity contribution in [2.45, 2.75) is 19.9 Å². The zero-order chi connectivity index (χ0) is 13.9. The second kappa shape index (κ2) is 5.30. The van der Waals surface area contributed by atoms with Gasteiger partial charge in [-0.3, -0.25) is 14.8 Å². The van der Waals surface area contributed by atoms with E-state index in [1.165, 1.54) is 31.8 Å². The number of hydrogen-bond acceptors (Lipinski definition) is 4. The van der Waals surface area contributed by atoms with E-state index in [1.807, 2.05) is 0 Å². The molecule has 18 heavy (non-hydrogen) atoms. The van der Waals surface area contributed by atoms with Gasteiger partial charge in [0.15, 0.2) is 0 Å². The molecule has 98 valence electrons. The van der Waals surface area contributed by atoms with E-state index in [4.69, 9.17) is 5.11 Å². The fraction of sp³-hybridized carbons (Fsp3) is 0.400. The lowest BCUT2D eigenvalue weighted by Gasteiger charge is -2.11. The highest BCUT2D eigenvalue weighted by Crippen LogP contribution is 2.11. The molecular weight excluding hydrogens is 240 g/mol. The number of aromatic nitrogens is 2. The Morgan fingerprint density at radius 2 is 2.06 bits per heavy atom. The van der Waals surface area contributed by atoms with Gasteiger partial charge in [-0.2, -0.15) is 5.10 Å². The summed E-state index contributed by atoms with van der Waals surface area (Å²) in [6.07, 6.45) is 1.26. The average Bonchev–Trinajstić information content (AvgIpc) is 2.70. The molecule has 0 spiro atoms. The smallest absolute Gasteiger partial charge is 0.339 e. The molecule has 0 aliphatic carbocycles. The first kappa shape index (κ1) is 13.7. The third kappa shape index (κ3) is 2.84. The molecule has 0 fully saturated rings. The molecule has 0 aliphatic rings. The number of amides is 3. The summed E-state index contributed by atoms with van der Waals surface area (Å²) in [5, 5.41) is 17.1. The number of urea groups is 1. The van der Waals surface area contributed by atoms with Crippen LogP contribution < -0.4 is 10.6 Å². The van der Waals surface area contributed by atoms with Crippen LogP contribution in [0.1, 0.15) is 29.0 Å². The van der Waals surface area contributed by atoms with Gasteiger partial charge in [0.25, 0.3) is 5.91 Å². The molecule has 1 aromatic heterocycles. The molecule has 3 N–H and O–H groups in total. The summed E-state index contributed by atoms with van der Waals surface area (Å²) in [5.74, 6) is -1.69. The van der Waals surface area contributed by atoms with E-state index in [-0.39, 0.29) is 5.56 Å². The summed E-state index contributed by atoms with van der Waals surface area (Å²) in [5.41, 5.74) is 0.330. The molecule has 3 amide bonds. The highest BCUT2D eigenvalue weighted by Gasteiger charge is 2.20. The number of nitrogens with zero attached hydrogens (tertiary/aromatic N) is 2. The third-order valence-electron chi connectivity index (χ3n) is 2.39. The van der Waals surface area contributed by atoms with Gasteiger partial charge in [0.05, 0.1) is 5.69 Å². The zero-order valence-electron chi connectivity index (χ0n) is 10.2. The Morgan fingerprint density at radius 1 is 1.44 bits per heavy atom. The lowest BCUT2D eigenvalue weighted by atomic mass is 10.3. The molecule has 0 aromatic carbocycles. The van der Waals surface area contributed by atoms with E-state index in [0.29, 0.717) is 5.69 Å². The van der Waals surface area contributed by atoms with Crippen molar-refractivity contribution >= 4 is 17.9 Å². The summed E-state index contributed by atoms with van der Waals surface area (Å²) < 4.78 is 1.21. The van der Waals surface area contributed by atoms with E-state index >= 15 is 0 Å². The molecule has 0 aliphatic heterocycles. The number of nitrogens with one attached hydrogen (secondary N) is 2. The third-order valence-corrected chi connectivity index (χ3v) is 2.39. The molecule has 1 aromatic rings. The number of rotatable bonds is 3. The van der Waals surface area contributed by atoms with Crippen molar-refractivity contribution in [2.75, 3.05) is 7.05 Å². The highest BCUT2D eigenvalue weighted by atomic mass is 16.4. The average molecular weight is 254 g/mol. The lowest BCUT2D eigenvalue weighted by Crippen LogP contribution is -2.40. The van der Waals surface area contributed by atoms with Crippen LogP contribution in [0.3, 0.4) is 0 Å². The molecular formula is C10H14N4O4. The summed E-state index contributed by atoms with van der Waals surface area (Å²) in [4.78, 5) is 33.4. The number of carbonyl (C=O) groups is 3. The minimum absolute atomic E-state index is 0.0228. The molecule has 0 radical (unpaired) electrons. The number of imide groups is 1. The molecule has 0 saturated heterocycles. The number of hydrogen-bond donors (Lipinski definition) is 3. The lowest BCUT2D eigenvalue weighted by molar-refractivity contribution is -0.123. The zero-order valence-corrected chi connectivity index (χ0v) is 10.2. The summed E-state index contributed by atoms with van der Waals surface area (Å²) in [6.45, 7) is 3.04. The normalized spacial score (nSPS) is 11.7. The van der Waals surface area contributed by atoms with Gasteiger partial charge in [0, 0.05) is 13.2 Å². The van der Waals surface area contributed by atoms with Crippen molar-refractivity contribution in [1.82, 2.24) is 20.4 Å². The Labute approximate surface area is 103 Å². The van der Waals surface area contributed by atoms with Crippen molar-refractivity contribution in [3.63, 3.8) is 0 Å². The Balaban J connectivity index is 2.87. The molecule has 0 saturated carbocycles. The van der Waals surface area contributed by atoms with Crippen molar-refractivity contribution < 1.29 is 19.5 Å². The Kier molecular flexibility index (Phi) is 4.03. The Bertz CT molecular complexity index is 494. The first-order valence-corrected chi connectivity index (χ1v) is 5.18. The van der Waals surface area contributed by atoms with Crippen molar-refractivity contribution in [3.8, 4) is 0 Å². The minimum atomic E-state index is -1.11. The number of carboxylic acids is 1. The SMILES string of the molecule is CNC(=O)NC(=O)C(C)n1cc(C(=O)O)c(C)n1. The molecule has 1 atom stereocenters. The van der Waals surface area contributed by atoms with Crippen LogP contribution in [0.5, 0.6) is 0 Å². The Morgan fingerprint density at radius 3 is 2.50 bits per heavy atom. The van der Waals surface area contributed by atoms with Crippen LogP contribution in [0.4, 0.5) is 4.79 Å². The molecule has 1 rings (SSSR count). The summed E-state index contributed by atoms with van der Waals surface area (Å²) in [6, 6.07) is -1.41. The van der Waals surface area contributed by atoms with Crippen molar-refractivity contribution in [2.24, 2.45) is 0 Å². The summed E-state index contributed by atoms with van der Waals surface area (Å²) >= 11 is 0. The van der Waals surface area contributed by atoms with Crippen LogP contribution in [0.25, 0.3) is 0 Å². The maximum atomic E-state index is 11.6. The topological polar surface area (TPSA) is 113 Å².